The van der Waals surface area contributed by atoms with E-state index in [1.165, 1.54) is 11.8 Å². The van der Waals surface area contributed by atoms with Crippen LogP contribution in [0.2, 0.25) is 0 Å². The largest absolute Gasteiger partial charge is 0.480 e. The third-order valence-corrected chi connectivity index (χ3v) is 6.33. The van der Waals surface area contributed by atoms with Crippen molar-refractivity contribution in [3.8, 4) is 0 Å². The molecule has 7 heteroatoms. The number of carbonyl (C=O) groups excluding carboxylic acids is 1. The number of aliphatic hydroxyl groups excluding tert-OH is 1. The van der Waals surface area contributed by atoms with Crippen molar-refractivity contribution in [3.05, 3.63) is 0 Å². The molecule has 0 aromatic carbocycles. The Bertz CT molecular complexity index is 431. The highest BCUT2D eigenvalue weighted by atomic mass is 32.2. The number of aliphatic carboxylic acids is 1. The lowest BCUT2D eigenvalue weighted by atomic mass is 9.89. The van der Waals surface area contributed by atoms with E-state index < -0.39 is 28.8 Å². The summed E-state index contributed by atoms with van der Waals surface area (Å²) in [5.74, 6) is -1.62. The number of hydrogen-bond donors (Lipinski definition) is 3. The number of thioether (sulfide) groups is 1. The van der Waals surface area contributed by atoms with E-state index in [2.05, 4.69) is 6.92 Å². The fourth-order valence-electron chi connectivity index (χ4n) is 3.13. The molecule has 3 unspecified atom stereocenters. The Labute approximate surface area is 129 Å². The number of fused-ring (bicyclic) bond motifs is 1. The van der Waals surface area contributed by atoms with Crippen LogP contribution in [0.15, 0.2) is 0 Å². The summed E-state index contributed by atoms with van der Waals surface area (Å²) in [6.07, 6.45) is 2.85. The number of nitrogens with zero attached hydrogens (tertiary/aromatic N) is 1. The molecule has 2 fully saturated rings. The average Bonchev–Trinajstić information content (AvgIpc) is 2.75. The maximum Gasteiger partial charge on any atom is 0.323 e. The molecular formula is C14H24N2O4S. The summed E-state index contributed by atoms with van der Waals surface area (Å²) in [7, 11) is 0. The molecule has 2 rings (SSSR count). The third kappa shape index (κ3) is 2.66. The number of aliphatic hydroxyl groups is 1. The molecule has 0 aromatic heterocycles. The lowest BCUT2D eigenvalue weighted by molar-refractivity contribution is -0.156. The maximum absolute atomic E-state index is 12.0. The van der Waals surface area contributed by atoms with Gasteiger partial charge in [0.25, 0.3) is 0 Å². The first-order valence-electron chi connectivity index (χ1n) is 7.50. The Morgan fingerprint density at radius 2 is 2.24 bits per heavy atom. The highest BCUT2D eigenvalue weighted by Gasteiger charge is 2.64. The monoisotopic (exact) mass is 316 g/mol. The first-order chi connectivity index (χ1) is 9.85. The average molecular weight is 316 g/mol. The Balaban J connectivity index is 2.11. The molecular weight excluding hydrogens is 292 g/mol. The molecule has 2 aliphatic heterocycles. The second-order valence-corrected chi connectivity index (χ2v) is 7.49. The molecule has 0 bridgehead atoms. The lowest BCUT2D eigenvalue weighted by Crippen LogP contribution is -2.61. The fourth-order valence-corrected chi connectivity index (χ4v) is 4.97. The van der Waals surface area contributed by atoms with E-state index in [1.54, 1.807) is 11.8 Å². The molecule has 0 aromatic rings. The molecule has 21 heavy (non-hydrogen) atoms. The zero-order valence-electron chi connectivity index (χ0n) is 12.5. The predicted molar refractivity (Wildman–Crippen MR) is 80.7 cm³/mol. The standard InChI is InChI=1S/C14H24N2O4S/c1-3-4-5-6-9(15)14(13(19)20)7-16-11(18)10(8(2)17)12(16)21-14/h8-10,12,17H,3-7,15H2,1-2H3,(H,19,20)/t8?,9?,10-,12+,14?/m0/s1. The molecule has 5 atom stereocenters. The van der Waals surface area contributed by atoms with E-state index in [0.29, 0.717) is 6.42 Å². The van der Waals surface area contributed by atoms with Crippen LogP contribution in [0, 0.1) is 5.92 Å². The Morgan fingerprint density at radius 3 is 2.76 bits per heavy atom. The van der Waals surface area contributed by atoms with Gasteiger partial charge in [0, 0.05) is 12.6 Å². The van der Waals surface area contributed by atoms with E-state index in [-0.39, 0.29) is 17.8 Å². The minimum atomic E-state index is -1.14. The predicted octanol–water partition coefficient (Wildman–Crippen LogP) is 0.630. The second kappa shape index (κ2) is 6.14. The minimum Gasteiger partial charge on any atom is -0.480 e. The van der Waals surface area contributed by atoms with Crippen LogP contribution in [0.25, 0.3) is 0 Å². The molecule has 4 N–H and O–H groups in total. The van der Waals surface area contributed by atoms with Crippen LogP contribution >= 0.6 is 11.8 Å². The fraction of sp³-hybridized carbons (Fsp3) is 0.857. The van der Waals surface area contributed by atoms with Crippen molar-refractivity contribution in [1.29, 1.82) is 0 Å². The number of carboxylic acid groups (broad SMARTS) is 1. The molecule has 0 spiro atoms. The lowest BCUT2D eigenvalue weighted by Gasteiger charge is -2.42. The number of β-lactam (4-membered cyclic amide) rings is 1. The highest BCUT2D eigenvalue weighted by molar-refractivity contribution is 8.02. The van der Waals surface area contributed by atoms with Crippen molar-refractivity contribution in [2.75, 3.05) is 6.54 Å². The van der Waals surface area contributed by atoms with Crippen molar-refractivity contribution < 1.29 is 19.8 Å². The summed E-state index contributed by atoms with van der Waals surface area (Å²) in [6, 6.07) is -0.486. The summed E-state index contributed by atoms with van der Waals surface area (Å²) in [4.78, 5) is 25.3. The molecule has 1 amide bonds. The van der Waals surface area contributed by atoms with Crippen molar-refractivity contribution in [2.24, 2.45) is 11.7 Å². The number of hydrogen-bond acceptors (Lipinski definition) is 5. The van der Waals surface area contributed by atoms with Crippen LogP contribution in [0.1, 0.15) is 39.5 Å². The van der Waals surface area contributed by atoms with E-state index in [9.17, 15) is 19.8 Å². The zero-order chi connectivity index (χ0) is 15.8. The molecule has 2 saturated heterocycles. The SMILES string of the molecule is CCCCCC(N)C1(C(=O)O)CN2C(=O)[C@H](C(C)O)[C@H]2S1. The zero-order valence-corrected chi connectivity index (χ0v) is 13.3. The Morgan fingerprint density at radius 1 is 1.57 bits per heavy atom. The van der Waals surface area contributed by atoms with Crippen molar-refractivity contribution in [1.82, 2.24) is 4.90 Å². The van der Waals surface area contributed by atoms with Crippen molar-refractivity contribution in [3.63, 3.8) is 0 Å². The summed E-state index contributed by atoms with van der Waals surface area (Å²) < 4.78 is -1.14. The van der Waals surface area contributed by atoms with Crippen LogP contribution in [-0.2, 0) is 9.59 Å². The number of carbonyl (C=O) groups is 2. The van der Waals surface area contributed by atoms with Gasteiger partial charge in [0.05, 0.1) is 17.4 Å². The molecule has 0 saturated carbocycles. The Kier molecular flexibility index (Phi) is 4.85. The molecule has 6 nitrogen and oxygen atoms in total. The minimum absolute atomic E-state index is 0.146. The summed E-state index contributed by atoms with van der Waals surface area (Å²) in [5, 5.41) is 19.1. The summed E-state index contributed by atoms with van der Waals surface area (Å²) in [5.41, 5.74) is 6.17. The Hall–Kier alpha value is -0.790. The third-order valence-electron chi connectivity index (χ3n) is 4.52. The molecule has 120 valence electrons. The summed E-state index contributed by atoms with van der Waals surface area (Å²) >= 11 is 1.24. The quantitative estimate of drug-likeness (QED) is 0.470. The second-order valence-electron chi connectivity index (χ2n) is 6.04. The number of rotatable bonds is 7. The van der Waals surface area contributed by atoms with Gasteiger partial charge in [-0.15, -0.1) is 11.8 Å². The van der Waals surface area contributed by atoms with Gasteiger partial charge < -0.3 is 20.8 Å². The van der Waals surface area contributed by atoms with E-state index in [4.69, 9.17) is 5.73 Å². The van der Waals surface area contributed by atoms with Gasteiger partial charge in [0.2, 0.25) is 5.91 Å². The van der Waals surface area contributed by atoms with Crippen LogP contribution < -0.4 is 5.73 Å². The van der Waals surface area contributed by atoms with E-state index >= 15 is 0 Å². The normalized spacial score (nSPS) is 34.3. The maximum atomic E-state index is 12.0. The van der Waals surface area contributed by atoms with Gasteiger partial charge in [-0.2, -0.15) is 0 Å². The molecule has 2 heterocycles. The van der Waals surface area contributed by atoms with Crippen LogP contribution in [0.3, 0.4) is 0 Å². The van der Waals surface area contributed by atoms with E-state index in [1.807, 2.05) is 0 Å². The van der Waals surface area contributed by atoms with E-state index in [0.717, 1.165) is 19.3 Å². The van der Waals surface area contributed by atoms with Gasteiger partial charge in [-0.25, -0.2) is 0 Å². The molecule has 2 aliphatic rings. The number of carboxylic acids is 1. The number of unbranched alkanes of at least 4 members (excludes halogenated alkanes) is 2. The van der Waals surface area contributed by atoms with Gasteiger partial charge in [0.1, 0.15) is 4.75 Å². The van der Waals surface area contributed by atoms with Crippen LogP contribution in [0.4, 0.5) is 0 Å². The molecule has 0 aliphatic carbocycles. The van der Waals surface area contributed by atoms with Crippen LogP contribution in [-0.4, -0.2) is 55.8 Å². The van der Waals surface area contributed by atoms with Crippen molar-refractivity contribution >= 4 is 23.6 Å². The van der Waals surface area contributed by atoms with Gasteiger partial charge >= 0.3 is 5.97 Å². The smallest absolute Gasteiger partial charge is 0.323 e. The summed E-state index contributed by atoms with van der Waals surface area (Å²) in [6.45, 7) is 3.80. The first-order valence-corrected chi connectivity index (χ1v) is 8.38. The number of amides is 1. The van der Waals surface area contributed by atoms with Crippen molar-refractivity contribution in [2.45, 2.75) is 61.8 Å². The first kappa shape index (κ1) is 16.6. The van der Waals surface area contributed by atoms with Gasteiger partial charge in [-0.3, -0.25) is 9.59 Å². The number of nitrogens with two attached hydrogens (primary N) is 1. The van der Waals surface area contributed by atoms with Crippen LogP contribution in [0.5, 0.6) is 0 Å². The topological polar surface area (TPSA) is 104 Å². The van der Waals surface area contributed by atoms with Gasteiger partial charge in [-0.05, 0) is 13.3 Å². The van der Waals surface area contributed by atoms with Gasteiger partial charge in [-0.1, -0.05) is 26.2 Å². The van der Waals surface area contributed by atoms with Gasteiger partial charge in [0.15, 0.2) is 0 Å². The molecule has 0 radical (unpaired) electrons. The highest BCUT2D eigenvalue weighted by Crippen LogP contribution is 2.52.